The van der Waals surface area contributed by atoms with Crippen molar-refractivity contribution >= 4 is 5.97 Å². The number of ether oxygens (including phenoxy) is 1. The summed E-state index contributed by atoms with van der Waals surface area (Å²) in [6.45, 7) is 3.55. The molecule has 3 nitrogen and oxygen atoms in total. The number of esters is 1. The Morgan fingerprint density at radius 1 is 1.53 bits per heavy atom. The van der Waals surface area contributed by atoms with E-state index < -0.39 is 0 Å². The summed E-state index contributed by atoms with van der Waals surface area (Å²) < 4.78 is 4.65. The van der Waals surface area contributed by atoms with Gasteiger partial charge in [0.1, 0.15) is 5.75 Å². The minimum atomic E-state index is -0.288. The lowest BCUT2D eigenvalue weighted by Crippen LogP contribution is -2.07. The average Bonchev–Trinajstić information content (AvgIpc) is 2.32. The summed E-state index contributed by atoms with van der Waals surface area (Å²) >= 11 is 0. The first-order valence-corrected chi connectivity index (χ1v) is 5.37. The van der Waals surface area contributed by atoms with Gasteiger partial charge in [0, 0.05) is 0 Å². The molecule has 0 aliphatic carbocycles. The lowest BCUT2D eigenvalue weighted by atomic mass is 9.94. The number of aryl methyl sites for hydroxylation is 1. The molecule has 0 fully saturated rings. The molecule has 90 valence electrons. The van der Waals surface area contributed by atoms with Crippen LogP contribution in [0.4, 0.5) is 0 Å². The third kappa shape index (κ3) is 3.53. The molecule has 0 aromatic heterocycles. The van der Waals surface area contributed by atoms with E-state index in [1.807, 2.05) is 13.0 Å². The maximum atomic E-state index is 11.3. The van der Waals surface area contributed by atoms with E-state index in [1.54, 1.807) is 19.1 Å². The van der Waals surface area contributed by atoms with Crippen LogP contribution in [0.5, 0.6) is 5.75 Å². The molecule has 0 bridgehead atoms. The summed E-state index contributed by atoms with van der Waals surface area (Å²) in [5.74, 6) is 5.56. The molecule has 17 heavy (non-hydrogen) atoms. The number of aromatic hydroxyl groups is 1. The van der Waals surface area contributed by atoms with Crippen LogP contribution < -0.4 is 0 Å². The number of hydrogen-bond donors (Lipinski definition) is 1. The molecule has 1 unspecified atom stereocenters. The van der Waals surface area contributed by atoms with E-state index in [9.17, 15) is 9.90 Å². The van der Waals surface area contributed by atoms with Crippen molar-refractivity contribution in [2.45, 2.75) is 26.2 Å². The third-order valence-corrected chi connectivity index (χ3v) is 2.54. The maximum Gasteiger partial charge on any atom is 0.307 e. The fourth-order valence-corrected chi connectivity index (χ4v) is 1.57. The highest BCUT2D eigenvalue weighted by atomic mass is 16.5. The van der Waals surface area contributed by atoms with Crippen molar-refractivity contribution in [3.05, 3.63) is 29.3 Å². The van der Waals surface area contributed by atoms with Gasteiger partial charge in [-0.15, -0.1) is 5.92 Å². The number of hydrogen-bond acceptors (Lipinski definition) is 3. The number of phenolic OH excluding ortho intramolecular Hbond substituents is 1. The van der Waals surface area contributed by atoms with Crippen LogP contribution in [0.2, 0.25) is 0 Å². The molecular weight excluding hydrogens is 216 g/mol. The van der Waals surface area contributed by atoms with Gasteiger partial charge in [-0.25, -0.2) is 0 Å². The summed E-state index contributed by atoms with van der Waals surface area (Å²) in [5.41, 5.74) is 1.69. The number of methoxy groups -OCH3 is 1. The van der Waals surface area contributed by atoms with Crippen LogP contribution in [0.3, 0.4) is 0 Å². The number of benzene rings is 1. The zero-order valence-electron chi connectivity index (χ0n) is 10.3. The number of rotatable bonds is 3. The second-order valence-electron chi connectivity index (χ2n) is 3.77. The van der Waals surface area contributed by atoms with Gasteiger partial charge in [0.05, 0.1) is 19.4 Å². The average molecular weight is 232 g/mol. The van der Waals surface area contributed by atoms with Crippen molar-refractivity contribution in [1.82, 2.24) is 0 Å². The molecule has 0 spiro atoms. The molecule has 0 saturated carbocycles. The Bertz CT molecular complexity index is 466. The van der Waals surface area contributed by atoms with Crippen LogP contribution in [-0.4, -0.2) is 18.2 Å². The smallest absolute Gasteiger partial charge is 0.307 e. The quantitative estimate of drug-likeness (QED) is 0.643. The largest absolute Gasteiger partial charge is 0.508 e. The summed E-state index contributed by atoms with van der Waals surface area (Å²) in [6.07, 6.45) is 0.224. The van der Waals surface area contributed by atoms with Crippen molar-refractivity contribution < 1.29 is 14.6 Å². The summed E-state index contributed by atoms with van der Waals surface area (Å²) in [5, 5.41) is 9.46. The van der Waals surface area contributed by atoms with E-state index in [4.69, 9.17) is 0 Å². The highest BCUT2D eigenvalue weighted by molar-refractivity contribution is 5.71. The number of carbonyl (C=O) groups is 1. The summed E-state index contributed by atoms with van der Waals surface area (Å²) in [4.78, 5) is 11.3. The van der Waals surface area contributed by atoms with Gasteiger partial charge in [-0.05, 0) is 31.0 Å². The Morgan fingerprint density at radius 2 is 2.24 bits per heavy atom. The van der Waals surface area contributed by atoms with Gasteiger partial charge in [-0.3, -0.25) is 4.79 Å². The number of carbonyl (C=O) groups excluding carboxylic acids is 1. The second kappa shape index (κ2) is 5.95. The van der Waals surface area contributed by atoms with Gasteiger partial charge in [0.25, 0.3) is 0 Å². The lowest BCUT2D eigenvalue weighted by Gasteiger charge is -2.11. The van der Waals surface area contributed by atoms with E-state index in [0.717, 1.165) is 11.1 Å². The van der Waals surface area contributed by atoms with Gasteiger partial charge in [0.2, 0.25) is 0 Å². The molecule has 1 atom stereocenters. The molecule has 0 aliphatic heterocycles. The molecule has 0 amide bonds. The van der Waals surface area contributed by atoms with Crippen LogP contribution in [-0.2, 0) is 9.53 Å². The number of phenols is 1. The summed E-state index contributed by atoms with van der Waals surface area (Å²) in [6, 6.07) is 5.24. The van der Waals surface area contributed by atoms with E-state index in [1.165, 1.54) is 7.11 Å². The Kier molecular flexibility index (Phi) is 4.59. The molecule has 1 aromatic rings. The first-order chi connectivity index (χ1) is 8.08. The minimum Gasteiger partial charge on any atom is -0.508 e. The van der Waals surface area contributed by atoms with Crippen molar-refractivity contribution in [1.29, 1.82) is 0 Å². The lowest BCUT2D eigenvalue weighted by molar-refractivity contribution is -0.140. The molecule has 1 rings (SSSR count). The van der Waals surface area contributed by atoms with Crippen LogP contribution in [0.25, 0.3) is 0 Å². The Balaban J connectivity index is 2.99. The SMILES string of the molecule is CC#CC(CC(=O)OC)c1ccc(O)c(C)c1. The topological polar surface area (TPSA) is 46.5 Å². The molecule has 3 heteroatoms. The first kappa shape index (κ1) is 13.1. The molecule has 0 radical (unpaired) electrons. The molecule has 0 heterocycles. The van der Waals surface area contributed by atoms with Crippen LogP contribution in [0.15, 0.2) is 18.2 Å². The molecule has 1 N–H and O–H groups in total. The standard InChI is InChI=1S/C14H16O3/c1-4-5-11(9-14(16)17-3)12-6-7-13(15)10(2)8-12/h6-8,11,15H,9H2,1-3H3. The van der Waals surface area contributed by atoms with E-state index in [-0.39, 0.29) is 24.1 Å². The van der Waals surface area contributed by atoms with Crippen LogP contribution >= 0.6 is 0 Å². The summed E-state index contributed by atoms with van der Waals surface area (Å²) in [7, 11) is 1.36. The van der Waals surface area contributed by atoms with E-state index in [0.29, 0.717) is 0 Å². The predicted molar refractivity (Wildman–Crippen MR) is 65.7 cm³/mol. The maximum absolute atomic E-state index is 11.3. The normalized spacial score (nSPS) is 11.2. The van der Waals surface area contributed by atoms with Crippen molar-refractivity contribution in [3.63, 3.8) is 0 Å². The molecular formula is C14H16O3. The van der Waals surface area contributed by atoms with Crippen LogP contribution in [0, 0.1) is 18.8 Å². The first-order valence-electron chi connectivity index (χ1n) is 5.37. The minimum absolute atomic E-state index is 0.188. The molecule has 0 saturated heterocycles. The fraction of sp³-hybridized carbons (Fsp3) is 0.357. The molecule has 0 aliphatic rings. The Labute approximate surface area is 101 Å². The zero-order chi connectivity index (χ0) is 12.8. The van der Waals surface area contributed by atoms with Gasteiger partial charge < -0.3 is 9.84 Å². The Morgan fingerprint density at radius 3 is 2.76 bits per heavy atom. The highest BCUT2D eigenvalue weighted by Crippen LogP contribution is 2.25. The third-order valence-electron chi connectivity index (χ3n) is 2.54. The van der Waals surface area contributed by atoms with E-state index >= 15 is 0 Å². The monoisotopic (exact) mass is 232 g/mol. The van der Waals surface area contributed by atoms with Gasteiger partial charge >= 0.3 is 5.97 Å². The Hall–Kier alpha value is -1.95. The van der Waals surface area contributed by atoms with Crippen molar-refractivity contribution in [2.75, 3.05) is 7.11 Å². The highest BCUT2D eigenvalue weighted by Gasteiger charge is 2.14. The fourth-order valence-electron chi connectivity index (χ4n) is 1.57. The van der Waals surface area contributed by atoms with Gasteiger partial charge in [-0.2, -0.15) is 0 Å². The second-order valence-corrected chi connectivity index (χ2v) is 3.77. The van der Waals surface area contributed by atoms with E-state index in [2.05, 4.69) is 16.6 Å². The molecule has 1 aromatic carbocycles. The van der Waals surface area contributed by atoms with Crippen molar-refractivity contribution in [2.24, 2.45) is 0 Å². The van der Waals surface area contributed by atoms with Crippen molar-refractivity contribution in [3.8, 4) is 17.6 Å². The van der Waals surface area contributed by atoms with Gasteiger partial charge in [0.15, 0.2) is 0 Å². The zero-order valence-corrected chi connectivity index (χ0v) is 10.3. The van der Waals surface area contributed by atoms with Crippen LogP contribution in [0.1, 0.15) is 30.4 Å². The van der Waals surface area contributed by atoms with Gasteiger partial charge in [-0.1, -0.05) is 18.1 Å². The predicted octanol–water partition coefficient (Wildman–Crippen LogP) is 2.37.